The van der Waals surface area contributed by atoms with Crippen LogP contribution in [-0.2, 0) is 108 Å². The van der Waals surface area contributed by atoms with Crippen molar-refractivity contribution in [2.75, 3.05) is 96.2 Å². The van der Waals surface area contributed by atoms with E-state index in [1.807, 2.05) is 0 Å². The lowest BCUT2D eigenvalue weighted by Crippen LogP contribution is -2.63. The number of aliphatic hydroxyl groups excluding tert-OH is 2. The Balaban J connectivity index is 0.714. The van der Waals surface area contributed by atoms with E-state index in [0.717, 1.165) is 0 Å². The molecule has 11 unspecified atom stereocenters. The molecule has 516 valence electrons. The van der Waals surface area contributed by atoms with Crippen LogP contribution in [0.5, 0.6) is 0 Å². The highest BCUT2D eigenvalue weighted by Crippen LogP contribution is 2.48. The molecule has 6 aromatic heterocycles. The highest BCUT2D eigenvalue weighted by molar-refractivity contribution is 8.07. The second kappa shape index (κ2) is 29.9. The molecule has 4 amide bonds. The Hall–Kier alpha value is -6.75. The van der Waals surface area contributed by atoms with Crippen molar-refractivity contribution < 1.29 is 71.2 Å². The maximum atomic E-state index is 14.0. The lowest BCUT2D eigenvalue weighted by Gasteiger charge is -2.48. The number of nitrogens with one attached hydrogen (secondary N) is 2. The fourth-order valence-corrected chi connectivity index (χ4v) is 15.8. The summed E-state index contributed by atoms with van der Waals surface area (Å²) in [5.41, 5.74) is 16.2. The van der Waals surface area contributed by atoms with E-state index in [0.29, 0.717) is 11.2 Å². The van der Waals surface area contributed by atoms with Crippen molar-refractivity contribution in [2.45, 2.75) is 83.0 Å². The Labute approximate surface area is 553 Å². The molecule has 6 aromatic rings. The third-order valence-electron chi connectivity index (χ3n) is 17.0. The van der Waals surface area contributed by atoms with Crippen LogP contribution in [0.15, 0.2) is 56.6 Å². The van der Waals surface area contributed by atoms with Gasteiger partial charge < -0.3 is 98.0 Å². The lowest BCUT2D eigenvalue weighted by atomic mass is 9.85. The van der Waals surface area contributed by atoms with E-state index >= 15 is 0 Å². The number of aromatic amines is 2. The summed E-state index contributed by atoms with van der Waals surface area (Å²) in [6.45, 7) is -12.8. The third kappa shape index (κ3) is 16.1. The first-order valence-corrected chi connectivity index (χ1v) is 37.5. The highest BCUT2D eigenvalue weighted by Gasteiger charge is 2.51. The molecule has 0 radical (unpaired) electrons. The van der Waals surface area contributed by atoms with Crippen molar-refractivity contribution >= 4 is 119 Å². The van der Waals surface area contributed by atoms with E-state index in [2.05, 4.69) is 39.9 Å². The van der Waals surface area contributed by atoms with Crippen LogP contribution in [0.3, 0.4) is 0 Å². The van der Waals surface area contributed by atoms with Gasteiger partial charge in [0.25, 0.3) is 11.1 Å². The molecule has 11 atom stereocenters. The van der Waals surface area contributed by atoms with Gasteiger partial charge in [0.15, 0.2) is 22.6 Å². The molecule has 4 saturated heterocycles. The highest BCUT2D eigenvalue weighted by atomic mass is 32.5. The molecule has 10 rings (SSSR count). The van der Waals surface area contributed by atoms with Crippen LogP contribution in [0.4, 0.5) is 17.6 Å². The molecular weight excluding hydrogens is 1370 g/mol. The first-order valence-electron chi connectivity index (χ1n) is 29.7. The summed E-state index contributed by atoms with van der Waals surface area (Å²) in [5.74, 6) is -4.25. The van der Waals surface area contributed by atoms with Gasteiger partial charge in [-0.05, 0) is 74.1 Å². The number of imidazole rings is 2. The number of H-pyrrole nitrogens is 2. The Bertz CT molecular complexity index is 4270. The number of carbonyl (C=O) groups excluding carboxylic acids is 4. The summed E-state index contributed by atoms with van der Waals surface area (Å²) < 4.78 is 39.6. The molecule has 13 N–H and O–H groups in total. The Morgan fingerprint density at radius 2 is 0.958 bits per heavy atom. The van der Waals surface area contributed by atoms with Gasteiger partial charge in [-0.25, -0.2) is 29.5 Å². The lowest BCUT2D eigenvalue weighted by molar-refractivity contribution is -0.160. The Kier molecular flexibility index (Phi) is 22.4. The van der Waals surface area contributed by atoms with Gasteiger partial charge in [-0.1, -0.05) is 0 Å². The van der Waals surface area contributed by atoms with E-state index in [-0.39, 0.29) is 183 Å². The van der Waals surface area contributed by atoms with Gasteiger partial charge in [0, 0.05) is 101 Å². The molecule has 0 aliphatic carbocycles. The number of rotatable bonds is 36. The summed E-state index contributed by atoms with van der Waals surface area (Å²) in [6.07, 6.45) is 7.33. The molecule has 10 heterocycles. The number of nitrogen functional groups attached to an aromatic ring is 3. The minimum Gasteiger partial charge on any atom is -0.396 e. The first-order chi connectivity index (χ1) is 45.2. The quantitative estimate of drug-likeness (QED) is 0.0134. The number of amides is 4. The van der Waals surface area contributed by atoms with Crippen LogP contribution < -0.4 is 39.7 Å². The minimum atomic E-state index is -4.06. The van der Waals surface area contributed by atoms with Gasteiger partial charge in [0.2, 0.25) is 29.6 Å². The monoisotopic (exact) mass is 1440 g/mol. The van der Waals surface area contributed by atoms with Crippen LogP contribution >= 0.6 is 20.2 Å². The second-order valence-corrected chi connectivity index (χ2v) is 31.2. The molecule has 4 aliphatic rings. The van der Waals surface area contributed by atoms with E-state index in [9.17, 15) is 63.2 Å². The minimum absolute atomic E-state index is 0.000913. The number of nitrogens with zero attached hydrogens (tertiary/aromatic N) is 14. The number of fused-ring (bicyclic) bond motifs is 2. The fraction of sp³-hybridized carbons (Fsp3) is 0.569. The third-order valence-corrected chi connectivity index (χ3v) is 21.9. The summed E-state index contributed by atoms with van der Waals surface area (Å²) in [5, 5.41) is 19.5. The Morgan fingerprint density at radius 3 is 1.44 bits per heavy atom. The van der Waals surface area contributed by atoms with E-state index in [4.69, 9.17) is 79.8 Å². The van der Waals surface area contributed by atoms with Crippen molar-refractivity contribution in [1.82, 2.24) is 77.7 Å². The molecule has 0 bridgehead atoms. The molecule has 44 heteroatoms. The standard InChI is InChI=1S/C51H70N19O19P3S3/c1-28-20-64(51(80)62-43(28)73)22-30-34(67(8-13-72)45(30)75)4-14-84-90(81,93)88-18-10-69-35(29(46(69)76)21-63-7-2-37(52)59-50(63)79)5-15-85-92(83,95)89-19-11-70-36(32(48(70)78)23-65-26-57-38-40(53)55-25-56-41(38)65)6-16-86-91(82,94)87-17-9-68-33(3-12-71)31(47(68)77)24-66-27-58-39-42(66)60-49(54)61-44(39)74/h2,7,20,25-27,29-36,71-72H,3-6,8-19,21-24H2,1H3,(H,81,93)(H,82,94)(H,83,95)(H2,52,59,79)(H2,53,55,56)(H,62,73,80)(H3,54,60,61,74). The molecular formula is C51H70N19O19P3S3. The summed E-state index contributed by atoms with van der Waals surface area (Å²) >= 11 is 16.0. The average Bonchev–Trinajstić information content (AvgIpc) is 1.58. The van der Waals surface area contributed by atoms with Gasteiger partial charge >= 0.3 is 31.5 Å². The number of anilines is 3. The van der Waals surface area contributed by atoms with E-state index in [1.54, 1.807) is 4.57 Å². The topological polar surface area (TPSA) is 513 Å². The molecule has 95 heavy (non-hydrogen) atoms. The average molecular weight is 1440 g/mol. The maximum absolute atomic E-state index is 14.0. The zero-order valence-electron chi connectivity index (χ0n) is 50.7. The second-order valence-electron chi connectivity index (χ2n) is 22.7. The number of aliphatic hydroxyl groups is 2. The molecule has 38 nitrogen and oxygen atoms in total. The molecule has 4 aliphatic heterocycles. The number of aromatic nitrogens is 12. The van der Waals surface area contributed by atoms with Crippen molar-refractivity contribution in [3.8, 4) is 0 Å². The van der Waals surface area contributed by atoms with Gasteiger partial charge in [-0.3, -0.25) is 47.9 Å². The summed E-state index contributed by atoms with van der Waals surface area (Å²) in [4.78, 5) is 172. The smallest absolute Gasteiger partial charge is 0.349 e. The maximum Gasteiger partial charge on any atom is 0.349 e. The number of β-amino-alcohol motifs (C(OH)–C–C–N with tert-alkyl or cyclic N) is 1. The van der Waals surface area contributed by atoms with Gasteiger partial charge in [0.05, 0.1) is 82.6 Å². The van der Waals surface area contributed by atoms with Gasteiger partial charge in [-0.15, -0.1) is 0 Å². The molecule has 0 aromatic carbocycles. The van der Waals surface area contributed by atoms with E-state index in [1.165, 1.54) is 77.7 Å². The number of aryl methyl sites for hydroxylation is 1. The van der Waals surface area contributed by atoms with Gasteiger partial charge in [0.1, 0.15) is 17.7 Å². The number of likely N-dealkylation sites (tertiary alicyclic amines) is 4. The van der Waals surface area contributed by atoms with Crippen LogP contribution in [0.2, 0.25) is 0 Å². The number of hydrogen-bond acceptors (Lipinski definition) is 28. The number of hydrogen-bond donors (Lipinski definition) is 10. The van der Waals surface area contributed by atoms with Crippen LogP contribution in [0, 0.1) is 30.6 Å². The van der Waals surface area contributed by atoms with Crippen molar-refractivity contribution in [3.63, 3.8) is 0 Å². The fourth-order valence-electron chi connectivity index (χ4n) is 12.3. The molecule has 4 fully saturated rings. The number of β-lactam (4-membered cyclic amide) rings is 4. The zero-order chi connectivity index (χ0) is 68.3. The Morgan fingerprint density at radius 1 is 0.516 bits per heavy atom. The van der Waals surface area contributed by atoms with E-state index < -0.39 is 96.4 Å². The first kappa shape index (κ1) is 71.0. The van der Waals surface area contributed by atoms with Gasteiger partial charge in [-0.2, -0.15) is 9.97 Å². The summed E-state index contributed by atoms with van der Waals surface area (Å²) in [6, 6.07) is -0.848. The SMILES string of the molecule is Cc1cn(CC2C(=O)N(CCO)C2CCOP(O)(=S)OCCN2C(=O)C(Cn3ccc(N)nc3=O)C2CCOP(O)(=S)OCCN2C(=O)C(Cn3cnc4c(N)ncnc43)C2CCOP(O)(=S)OCCN2C(=O)C(Cn3cnc4c(=O)[nH]c(N)nc43)C2CCO)c(=O)[nH]c1=O. The van der Waals surface area contributed by atoms with Crippen LogP contribution in [0.25, 0.3) is 22.3 Å². The number of carbonyl (C=O) groups is 4. The van der Waals surface area contributed by atoms with Crippen molar-refractivity contribution in [2.24, 2.45) is 23.7 Å². The predicted octanol–water partition coefficient (Wildman–Crippen LogP) is -3.58. The van der Waals surface area contributed by atoms with Crippen LogP contribution in [-0.4, -0.2) is 229 Å². The number of nitrogens with two attached hydrogens (primary N) is 3. The predicted molar refractivity (Wildman–Crippen MR) is 345 cm³/mol. The van der Waals surface area contributed by atoms with Crippen molar-refractivity contribution in [3.05, 3.63) is 84.7 Å². The summed E-state index contributed by atoms with van der Waals surface area (Å²) in [7, 11) is 0. The molecule has 0 spiro atoms. The normalized spacial score (nSPS) is 23.1. The molecule has 0 saturated carbocycles. The zero-order valence-corrected chi connectivity index (χ0v) is 55.9. The van der Waals surface area contributed by atoms with Crippen molar-refractivity contribution in [1.29, 1.82) is 0 Å². The van der Waals surface area contributed by atoms with Crippen LogP contribution in [0.1, 0.15) is 31.2 Å². The largest absolute Gasteiger partial charge is 0.396 e.